The van der Waals surface area contributed by atoms with Crippen molar-refractivity contribution in [1.82, 2.24) is 14.8 Å². The number of benzene rings is 1. The summed E-state index contributed by atoms with van der Waals surface area (Å²) >= 11 is 0. The maximum atomic E-state index is 12.7. The Morgan fingerprint density at radius 1 is 1.03 bits per heavy atom. The summed E-state index contributed by atoms with van der Waals surface area (Å²) < 4.78 is 29.7. The van der Waals surface area contributed by atoms with Gasteiger partial charge in [-0.1, -0.05) is 12.1 Å². The smallest absolute Gasteiger partial charge is 0.329 e. The third-order valence-corrected chi connectivity index (χ3v) is 5.92. The van der Waals surface area contributed by atoms with Gasteiger partial charge in [0.25, 0.3) is 23.6 Å². The number of sulfone groups is 1. The number of carbonyl (C=O) groups excluding carboxylic acids is 5. The number of amides is 4. The van der Waals surface area contributed by atoms with Crippen LogP contribution in [-0.4, -0.2) is 72.1 Å². The van der Waals surface area contributed by atoms with Crippen LogP contribution in [0, 0.1) is 0 Å². The molecule has 2 aromatic rings. The lowest BCUT2D eigenvalue weighted by Crippen LogP contribution is -2.47. The number of ether oxygens (including phenoxy) is 1. The number of hydrogen-bond acceptors (Lipinski definition) is 8. The van der Waals surface area contributed by atoms with Crippen molar-refractivity contribution in [2.24, 2.45) is 7.05 Å². The first kappa shape index (κ1) is 23.9. The summed E-state index contributed by atoms with van der Waals surface area (Å²) in [6, 6.07) is 7.44. The largest absolute Gasteiger partial charge is 0.454 e. The lowest BCUT2D eigenvalue weighted by molar-refractivity contribution is -0.152. The molecule has 174 valence electrons. The van der Waals surface area contributed by atoms with Gasteiger partial charge in [-0.2, -0.15) is 0 Å². The molecule has 0 spiro atoms. The quantitative estimate of drug-likeness (QED) is 0.412. The zero-order chi connectivity index (χ0) is 24.3. The van der Waals surface area contributed by atoms with Crippen molar-refractivity contribution in [3.8, 4) is 0 Å². The highest BCUT2D eigenvalue weighted by atomic mass is 32.2. The van der Waals surface area contributed by atoms with E-state index in [1.165, 1.54) is 22.8 Å². The van der Waals surface area contributed by atoms with E-state index in [1.54, 1.807) is 31.4 Å². The number of esters is 1. The van der Waals surface area contributed by atoms with Crippen molar-refractivity contribution in [2.75, 3.05) is 18.6 Å². The predicted molar refractivity (Wildman–Crippen MR) is 114 cm³/mol. The third-order valence-electron chi connectivity index (χ3n) is 4.95. The van der Waals surface area contributed by atoms with Gasteiger partial charge >= 0.3 is 5.97 Å². The van der Waals surface area contributed by atoms with Crippen molar-refractivity contribution in [1.29, 1.82) is 0 Å². The topological polar surface area (TPSA) is 149 Å². The van der Waals surface area contributed by atoms with Gasteiger partial charge in [-0.05, 0) is 30.7 Å². The van der Waals surface area contributed by atoms with Gasteiger partial charge in [-0.3, -0.25) is 29.4 Å². The molecule has 0 fully saturated rings. The number of rotatable bonds is 8. The van der Waals surface area contributed by atoms with Crippen LogP contribution >= 0.6 is 0 Å². The van der Waals surface area contributed by atoms with Crippen LogP contribution in [0.15, 0.2) is 42.6 Å². The summed E-state index contributed by atoms with van der Waals surface area (Å²) in [4.78, 5) is 63.0. The van der Waals surface area contributed by atoms with Gasteiger partial charge in [-0.25, -0.2) is 13.2 Å². The molecule has 0 radical (unpaired) electrons. The van der Waals surface area contributed by atoms with Crippen molar-refractivity contribution in [3.05, 3.63) is 59.4 Å². The zero-order valence-corrected chi connectivity index (χ0v) is 18.6. The maximum absolute atomic E-state index is 12.7. The fourth-order valence-electron chi connectivity index (χ4n) is 3.33. The fourth-order valence-corrected chi connectivity index (χ4v) is 3.98. The van der Waals surface area contributed by atoms with Crippen molar-refractivity contribution >= 4 is 39.4 Å². The van der Waals surface area contributed by atoms with Crippen molar-refractivity contribution in [2.45, 2.75) is 12.5 Å². The van der Waals surface area contributed by atoms with E-state index in [0.717, 1.165) is 6.26 Å². The highest BCUT2D eigenvalue weighted by Gasteiger charge is 2.43. The Hall–Kier alpha value is -3.80. The molecule has 1 unspecified atom stereocenters. The normalized spacial score (nSPS) is 14.1. The van der Waals surface area contributed by atoms with Crippen LogP contribution < -0.4 is 5.32 Å². The Morgan fingerprint density at radius 2 is 1.64 bits per heavy atom. The number of nitrogens with one attached hydrogen (secondary N) is 1. The van der Waals surface area contributed by atoms with E-state index in [2.05, 4.69) is 5.32 Å². The minimum absolute atomic E-state index is 0.0746. The van der Waals surface area contributed by atoms with E-state index in [9.17, 15) is 32.4 Å². The van der Waals surface area contributed by atoms with E-state index in [-0.39, 0.29) is 16.8 Å². The number of nitrogens with zero attached hydrogens (tertiary/aromatic N) is 2. The second-order valence-corrected chi connectivity index (χ2v) is 9.71. The predicted octanol–water partition coefficient (Wildman–Crippen LogP) is -0.0758. The number of aromatic nitrogens is 1. The van der Waals surface area contributed by atoms with Gasteiger partial charge in [0.05, 0.1) is 16.9 Å². The van der Waals surface area contributed by atoms with E-state index >= 15 is 0 Å². The fraction of sp³-hybridized carbons (Fsp3) is 0.286. The summed E-state index contributed by atoms with van der Waals surface area (Å²) in [5, 5.41) is 2.06. The van der Waals surface area contributed by atoms with Gasteiger partial charge in [0.2, 0.25) is 0 Å². The standard InChI is InChI=1S/C21H21N3O8S/c1-23-10-5-8-15(23)18(26)22-17(25)12-32-21(29)16(9-11-33(2,30)31)24-19(27)13-6-3-4-7-14(13)20(24)28/h3-8,10,16H,9,11-12H2,1-2H3,(H,22,25,26). The molecule has 1 aliphatic heterocycles. The van der Waals surface area contributed by atoms with Gasteiger partial charge in [0, 0.05) is 19.5 Å². The van der Waals surface area contributed by atoms with Gasteiger partial charge in [0.15, 0.2) is 6.61 Å². The lowest BCUT2D eigenvalue weighted by atomic mass is 10.1. The highest BCUT2D eigenvalue weighted by Crippen LogP contribution is 2.26. The van der Waals surface area contributed by atoms with Crippen LogP contribution in [-0.2, 0) is 31.2 Å². The Labute approximate surface area is 189 Å². The minimum Gasteiger partial charge on any atom is -0.454 e. The molecular formula is C21H21N3O8S. The lowest BCUT2D eigenvalue weighted by Gasteiger charge is -2.24. The zero-order valence-electron chi connectivity index (χ0n) is 17.8. The van der Waals surface area contributed by atoms with Crippen LogP contribution in [0.1, 0.15) is 37.6 Å². The maximum Gasteiger partial charge on any atom is 0.329 e. The first-order valence-corrected chi connectivity index (χ1v) is 11.8. The molecule has 0 aliphatic carbocycles. The molecule has 1 aliphatic rings. The summed E-state index contributed by atoms with van der Waals surface area (Å²) in [6.45, 7) is -0.868. The van der Waals surface area contributed by atoms with Crippen molar-refractivity contribution < 1.29 is 37.1 Å². The summed E-state index contributed by atoms with van der Waals surface area (Å²) in [5.74, 6) is -4.83. The van der Waals surface area contributed by atoms with E-state index in [1.807, 2.05) is 0 Å². The molecule has 11 nitrogen and oxygen atoms in total. The molecule has 1 aromatic heterocycles. The molecule has 1 atom stereocenters. The van der Waals surface area contributed by atoms with E-state index < -0.39 is 64.3 Å². The summed E-state index contributed by atoms with van der Waals surface area (Å²) in [7, 11) is -1.94. The number of fused-ring (bicyclic) bond motifs is 1. The molecule has 33 heavy (non-hydrogen) atoms. The van der Waals surface area contributed by atoms with Crippen molar-refractivity contribution in [3.63, 3.8) is 0 Å². The number of hydrogen-bond donors (Lipinski definition) is 1. The molecule has 1 aromatic carbocycles. The Kier molecular flexibility index (Phi) is 6.77. The summed E-state index contributed by atoms with van der Waals surface area (Å²) in [5.41, 5.74) is 0.350. The SMILES string of the molecule is Cn1cccc1C(=O)NC(=O)COC(=O)C(CCS(C)(=O)=O)N1C(=O)c2ccccc2C1=O. The Morgan fingerprint density at radius 3 is 2.15 bits per heavy atom. The third kappa shape index (κ3) is 5.34. The van der Waals surface area contributed by atoms with Crippen LogP contribution in [0.4, 0.5) is 0 Å². The van der Waals surface area contributed by atoms with Gasteiger partial charge < -0.3 is 9.30 Å². The van der Waals surface area contributed by atoms with Crippen LogP contribution in [0.3, 0.4) is 0 Å². The van der Waals surface area contributed by atoms with Crippen LogP contribution in [0.25, 0.3) is 0 Å². The second-order valence-electron chi connectivity index (χ2n) is 7.45. The van der Waals surface area contributed by atoms with Crippen LogP contribution in [0.5, 0.6) is 0 Å². The molecule has 0 bridgehead atoms. The molecule has 3 rings (SSSR count). The molecule has 1 N–H and O–H groups in total. The summed E-state index contributed by atoms with van der Waals surface area (Å²) in [6.07, 6.45) is 2.14. The Bertz CT molecular complexity index is 1210. The first-order valence-electron chi connectivity index (χ1n) is 9.76. The molecule has 0 saturated carbocycles. The molecule has 12 heteroatoms. The monoisotopic (exact) mass is 475 g/mol. The number of aryl methyl sites for hydroxylation is 1. The van der Waals surface area contributed by atoms with E-state index in [4.69, 9.17) is 4.74 Å². The minimum atomic E-state index is -3.54. The first-order chi connectivity index (χ1) is 15.5. The van der Waals surface area contributed by atoms with Gasteiger partial charge in [-0.15, -0.1) is 0 Å². The molecule has 0 saturated heterocycles. The average molecular weight is 475 g/mol. The van der Waals surface area contributed by atoms with Crippen LogP contribution in [0.2, 0.25) is 0 Å². The molecular weight excluding hydrogens is 454 g/mol. The molecule has 2 heterocycles. The number of carbonyl (C=O) groups is 5. The van der Waals surface area contributed by atoms with E-state index in [0.29, 0.717) is 4.90 Å². The molecule has 4 amide bonds. The Balaban J connectivity index is 1.72. The highest BCUT2D eigenvalue weighted by molar-refractivity contribution is 7.90. The second kappa shape index (κ2) is 9.36. The average Bonchev–Trinajstić information content (AvgIpc) is 3.28. The van der Waals surface area contributed by atoms with Gasteiger partial charge in [0.1, 0.15) is 21.6 Å². The number of imide groups is 2.